The van der Waals surface area contributed by atoms with Gasteiger partial charge in [0.15, 0.2) is 0 Å². The van der Waals surface area contributed by atoms with Crippen LogP contribution < -0.4 is 10.2 Å². The minimum absolute atomic E-state index is 0.460. The fraction of sp³-hybridized carbons (Fsp3) is 0.667. The van der Waals surface area contributed by atoms with Gasteiger partial charge in [0, 0.05) is 26.3 Å². The highest BCUT2D eigenvalue weighted by molar-refractivity contribution is 9.10. The van der Waals surface area contributed by atoms with E-state index in [1.54, 1.807) is 0 Å². The lowest BCUT2D eigenvalue weighted by Crippen LogP contribution is -2.38. The number of halogens is 1. The maximum Gasteiger partial charge on any atom is 0.224 e. The predicted octanol–water partition coefficient (Wildman–Crippen LogP) is 2.91. The van der Waals surface area contributed by atoms with Crippen LogP contribution in [0.3, 0.4) is 0 Å². The first-order valence-electron chi connectivity index (χ1n) is 5.97. The quantitative estimate of drug-likeness (QED) is 0.911. The Morgan fingerprint density at radius 3 is 2.59 bits per heavy atom. The Bertz CT molecular complexity index is 395. The van der Waals surface area contributed by atoms with Crippen LogP contribution in [0.2, 0.25) is 0 Å². The topological polar surface area (TPSA) is 41.1 Å². The van der Waals surface area contributed by atoms with Crippen molar-refractivity contribution in [2.75, 3.05) is 30.4 Å². The van der Waals surface area contributed by atoms with Gasteiger partial charge in [0.25, 0.3) is 0 Å². The highest BCUT2D eigenvalue weighted by atomic mass is 79.9. The van der Waals surface area contributed by atoms with Crippen LogP contribution in [0, 0.1) is 5.41 Å². The Balaban J connectivity index is 2.17. The molecule has 1 aliphatic heterocycles. The predicted molar refractivity (Wildman–Crippen MR) is 74.5 cm³/mol. The van der Waals surface area contributed by atoms with Crippen molar-refractivity contribution in [1.82, 2.24) is 9.97 Å². The summed E-state index contributed by atoms with van der Waals surface area (Å²) in [6.45, 7) is 6.79. The summed E-state index contributed by atoms with van der Waals surface area (Å²) in [5.74, 6) is 1.67. The van der Waals surface area contributed by atoms with Crippen molar-refractivity contribution in [1.29, 1.82) is 0 Å². The third kappa shape index (κ3) is 2.89. The molecule has 1 saturated heterocycles. The van der Waals surface area contributed by atoms with Gasteiger partial charge in [0.1, 0.15) is 5.82 Å². The summed E-state index contributed by atoms with van der Waals surface area (Å²) >= 11 is 3.53. The summed E-state index contributed by atoms with van der Waals surface area (Å²) in [6, 6.07) is 0. The van der Waals surface area contributed by atoms with E-state index in [-0.39, 0.29) is 0 Å². The average Bonchev–Trinajstić information content (AvgIpc) is 2.30. The van der Waals surface area contributed by atoms with Crippen LogP contribution in [0.5, 0.6) is 0 Å². The van der Waals surface area contributed by atoms with E-state index in [2.05, 4.69) is 50.0 Å². The van der Waals surface area contributed by atoms with E-state index in [9.17, 15) is 0 Å². The molecule has 1 fully saturated rings. The van der Waals surface area contributed by atoms with Crippen molar-refractivity contribution in [3.8, 4) is 0 Å². The second kappa shape index (κ2) is 4.80. The van der Waals surface area contributed by atoms with Crippen LogP contribution in [-0.4, -0.2) is 30.1 Å². The number of hydrogen-bond donors (Lipinski definition) is 1. The molecule has 2 rings (SSSR count). The highest BCUT2D eigenvalue weighted by Crippen LogP contribution is 2.34. The van der Waals surface area contributed by atoms with Gasteiger partial charge in [-0.2, -0.15) is 4.98 Å². The van der Waals surface area contributed by atoms with Crippen molar-refractivity contribution < 1.29 is 0 Å². The van der Waals surface area contributed by atoms with Crippen molar-refractivity contribution in [3.63, 3.8) is 0 Å². The molecule has 0 aliphatic carbocycles. The summed E-state index contributed by atoms with van der Waals surface area (Å²) in [5.41, 5.74) is 0.460. The van der Waals surface area contributed by atoms with Crippen molar-refractivity contribution >= 4 is 27.7 Å². The van der Waals surface area contributed by atoms with Crippen LogP contribution >= 0.6 is 15.9 Å². The fourth-order valence-electron chi connectivity index (χ4n) is 2.02. The molecule has 0 spiro atoms. The number of nitrogens with zero attached hydrogens (tertiary/aromatic N) is 3. The lowest BCUT2D eigenvalue weighted by Gasteiger charge is -2.37. The molecule has 1 N–H and O–H groups in total. The van der Waals surface area contributed by atoms with Gasteiger partial charge in [-0.25, -0.2) is 4.98 Å². The van der Waals surface area contributed by atoms with E-state index in [1.165, 1.54) is 12.8 Å². The smallest absolute Gasteiger partial charge is 0.224 e. The van der Waals surface area contributed by atoms with Crippen LogP contribution in [0.1, 0.15) is 26.7 Å². The van der Waals surface area contributed by atoms with Gasteiger partial charge in [-0.1, -0.05) is 13.8 Å². The van der Waals surface area contributed by atoms with E-state index in [1.807, 2.05) is 13.2 Å². The van der Waals surface area contributed by atoms with Gasteiger partial charge in [0.05, 0.1) is 4.47 Å². The number of anilines is 2. The highest BCUT2D eigenvalue weighted by Gasteiger charge is 2.27. The number of rotatable bonds is 2. The number of hydrogen-bond acceptors (Lipinski definition) is 4. The normalized spacial score (nSPS) is 19.2. The fourth-order valence-corrected chi connectivity index (χ4v) is 2.47. The zero-order valence-electron chi connectivity index (χ0n) is 10.6. The zero-order valence-corrected chi connectivity index (χ0v) is 12.2. The van der Waals surface area contributed by atoms with Gasteiger partial charge < -0.3 is 10.2 Å². The monoisotopic (exact) mass is 298 g/mol. The summed E-state index contributed by atoms with van der Waals surface area (Å²) in [7, 11) is 1.84. The third-order valence-electron chi connectivity index (χ3n) is 3.37. The lowest BCUT2D eigenvalue weighted by atomic mass is 9.83. The number of aromatic nitrogens is 2. The minimum atomic E-state index is 0.460. The molecular formula is C12H19BrN4. The molecule has 0 radical (unpaired) electrons. The molecule has 0 aromatic carbocycles. The van der Waals surface area contributed by atoms with Crippen LogP contribution in [0.25, 0.3) is 0 Å². The first kappa shape index (κ1) is 12.6. The standard InChI is InChI=1S/C12H19BrN4/c1-12(2)4-6-17(7-5-12)10-9(13)8-15-11(14-3)16-10/h8H,4-7H2,1-3H3,(H,14,15,16). The molecule has 1 aliphatic rings. The van der Waals surface area contributed by atoms with Gasteiger partial charge >= 0.3 is 0 Å². The van der Waals surface area contributed by atoms with Gasteiger partial charge in [-0.3, -0.25) is 0 Å². The molecule has 1 aromatic heterocycles. The van der Waals surface area contributed by atoms with Crippen LogP contribution in [0.15, 0.2) is 10.7 Å². The maximum absolute atomic E-state index is 4.52. The number of nitrogens with one attached hydrogen (secondary N) is 1. The molecular weight excluding hydrogens is 280 g/mol. The second-order valence-corrected chi connectivity index (χ2v) is 6.12. The van der Waals surface area contributed by atoms with E-state index < -0.39 is 0 Å². The Kier molecular flexibility index (Phi) is 3.56. The van der Waals surface area contributed by atoms with Crippen LogP contribution in [-0.2, 0) is 0 Å². The second-order valence-electron chi connectivity index (χ2n) is 5.27. The molecule has 4 nitrogen and oxygen atoms in total. The largest absolute Gasteiger partial charge is 0.357 e. The molecule has 1 aromatic rings. The van der Waals surface area contributed by atoms with Gasteiger partial charge in [0.2, 0.25) is 5.95 Å². The summed E-state index contributed by atoms with van der Waals surface area (Å²) < 4.78 is 0.969. The van der Waals surface area contributed by atoms with E-state index in [0.29, 0.717) is 11.4 Å². The molecule has 17 heavy (non-hydrogen) atoms. The lowest BCUT2D eigenvalue weighted by molar-refractivity contribution is 0.279. The first-order chi connectivity index (χ1) is 8.02. The Morgan fingerprint density at radius 2 is 2.00 bits per heavy atom. The molecule has 0 saturated carbocycles. The molecule has 0 amide bonds. The van der Waals surface area contributed by atoms with Gasteiger partial charge in [-0.05, 0) is 34.2 Å². The molecule has 0 unspecified atom stereocenters. The molecule has 0 atom stereocenters. The molecule has 94 valence electrons. The van der Waals surface area contributed by atoms with E-state index in [0.717, 1.165) is 23.4 Å². The molecule has 2 heterocycles. The first-order valence-corrected chi connectivity index (χ1v) is 6.76. The van der Waals surface area contributed by atoms with E-state index in [4.69, 9.17) is 0 Å². The maximum atomic E-state index is 4.52. The Labute approximate surface area is 111 Å². The van der Waals surface area contributed by atoms with Gasteiger partial charge in [-0.15, -0.1) is 0 Å². The summed E-state index contributed by atoms with van der Waals surface area (Å²) in [6.07, 6.45) is 4.23. The zero-order chi connectivity index (χ0) is 12.5. The van der Waals surface area contributed by atoms with Crippen molar-refractivity contribution in [2.24, 2.45) is 5.41 Å². The SMILES string of the molecule is CNc1ncc(Br)c(N2CCC(C)(C)CC2)n1. The molecule has 5 heteroatoms. The van der Waals surface area contributed by atoms with Crippen molar-refractivity contribution in [3.05, 3.63) is 10.7 Å². The Morgan fingerprint density at radius 1 is 1.35 bits per heavy atom. The van der Waals surface area contributed by atoms with Crippen molar-refractivity contribution in [2.45, 2.75) is 26.7 Å². The summed E-state index contributed by atoms with van der Waals surface area (Å²) in [5, 5.41) is 2.98. The van der Waals surface area contributed by atoms with Crippen LogP contribution in [0.4, 0.5) is 11.8 Å². The molecule has 0 bridgehead atoms. The third-order valence-corrected chi connectivity index (χ3v) is 3.93. The summed E-state index contributed by atoms with van der Waals surface area (Å²) in [4.78, 5) is 11.0. The van der Waals surface area contributed by atoms with E-state index >= 15 is 0 Å². The minimum Gasteiger partial charge on any atom is -0.357 e. The average molecular weight is 299 g/mol. The Hall–Kier alpha value is -0.840. The number of piperidine rings is 1.